The minimum absolute atomic E-state index is 0.106. The Labute approximate surface area is 102 Å². The second-order valence-electron chi connectivity index (χ2n) is 4.95. The Hall–Kier alpha value is -0.620. The minimum atomic E-state index is -3.00. The van der Waals surface area contributed by atoms with Gasteiger partial charge in [-0.1, -0.05) is 0 Å². The van der Waals surface area contributed by atoms with Gasteiger partial charge in [-0.05, 0) is 32.2 Å². The van der Waals surface area contributed by atoms with Crippen LogP contribution in [0.15, 0.2) is 0 Å². The second kappa shape index (κ2) is 4.57. The number of ether oxygens (including phenoxy) is 1. The molecule has 2 atom stereocenters. The average molecular weight is 261 g/mol. The molecule has 2 aliphatic heterocycles. The summed E-state index contributed by atoms with van der Waals surface area (Å²) in [5.41, 5.74) is -0.762. The van der Waals surface area contributed by atoms with Gasteiger partial charge in [0.2, 0.25) is 0 Å². The van der Waals surface area contributed by atoms with Crippen molar-refractivity contribution >= 4 is 15.8 Å². The predicted octanol–water partition coefficient (Wildman–Crippen LogP) is 0.106. The number of nitrogens with one attached hydrogen (secondary N) is 1. The van der Waals surface area contributed by atoms with Gasteiger partial charge < -0.3 is 10.1 Å². The summed E-state index contributed by atoms with van der Waals surface area (Å²) in [7, 11) is -1.63. The van der Waals surface area contributed by atoms with Gasteiger partial charge in [-0.25, -0.2) is 8.42 Å². The predicted molar refractivity (Wildman–Crippen MR) is 63.4 cm³/mol. The number of hydrogen-bond acceptors (Lipinski definition) is 5. The van der Waals surface area contributed by atoms with Crippen LogP contribution in [0.4, 0.5) is 0 Å². The molecule has 2 fully saturated rings. The third-order valence-electron chi connectivity index (χ3n) is 3.90. The van der Waals surface area contributed by atoms with Gasteiger partial charge in [0.05, 0.1) is 18.6 Å². The molecule has 0 spiro atoms. The molecular weight excluding hydrogens is 242 g/mol. The largest absolute Gasteiger partial charge is 0.468 e. The van der Waals surface area contributed by atoms with Crippen LogP contribution in [-0.4, -0.2) is 45.1 Å². The smallest absolute Gasteiger partial charge is 0.326 e. The first-order valence-corrected chi connectivity index (χ1v) is 7.86. The first-order valence-electron chi connectivity index (χ1n) is 6.04. The molecule has 6 heteroatoms. The molecule has 0 aromatic carbocycles. The molecule has 2 heterocycles. The van der Waals surface area contributed by atoms with Crippen molar-refractivity contribution in [1.29, 1.82) is 0 Å². The van der Waals surface area contributed by atoms with Gasteiger partial charge in [0.15, 0.2) is 9.84 Å². The van der Waals surface area contributed by atoms with Gasteiger partial charge in [0.25, 0.3) is 0 Å². The highest BCUT2D eigenvalue weighted by Gasteiger charge is 2.50. The molecule has 2 saturated heterocycles. The van der Waals surface area contributed by atoms with Crippen molar-refractivity contribution in [2.24, 2.45) is 5.92 Å². The number of esters is 1. The highest BCUT2D eigenvalue weighted by Crippen LogP contribution is 2.35. The molecule has 0 radical (unpaired) electrons. The fraction of sp³-hybridized carbons (Fsp3) is 0.909. The number of carbonyl (C=O) groups excluding carboxylic acids is 1. The molecule has 0 aliphatic carbocycles. The van der Waals surface area contributed by atoms with Gasteiger partial charge in [-0.2, -0.15) is 0 Å². The Morgan fingerprint density at radius 2 is 2.18 bits per heavy atom. The number of hydrogen-bond donors (Lipinski definition) is 1. The highest BCUT2D eigenvalue weighted by molar-refractivity contribution is 7.91. The van der Waals surface area contributed by atoms with Crippen LogP contribution in [0.5, 0.6) is 0 Å². The molecule has 2 rings (SSSR count). The van der Waals surface area contributed by atoms with Crippen molar-refractivity contribution in [2.45, 2.75) is 31.2 Å². The lowest BCUT2D eigenvalue weighted by molar-refractivity contribution is -0.150. The van der Waals surface area contributed by atoms with E-state index in [-0.39, 0.29) is 23.4 Å². The van der Waals surface area contributed by atoms with E-state index < -0.39 is 15.4 Å². The van der Waals surface area contributed by atoms with E-state index in [0.29, 0.717) is 12.8 Å². The summed E-state index contributed by atoms with van der Waals surface area (Å²) in [6.45, 7) is 0.756. The molecule has 0 amide bonds. The van der Waals surface area contributed by atoms with Gasteiger partial charge in [0.1, 0.15) is 5.54 Å². The summed E-state index contributed by atoms with van der Waals surface area (Å²) in [4.78, 5) is 12.0. The van der Waals surface area contributed by atoms with Gasteiger partial charge in [-0.15, -0.1) is 0 Å². The Kier molecular flexibility index (Phi) is 3.45. The number of rotatable bonds is 2. The quantitative estimate of drug-likeness (QED) is 0.714. The molecule has 2 aliphatic rings. The maximum atomic E-state index is 12.0. The fourth-order valence-corrected chi connectivity index (χ4v) is 4.89. The van der Waals surface area contributed by atoms with E-state index in [4.69, 9.17) is 4.74 Å². The standard InChI is InChI=1S/C11H19NO4S/c1-16-10(13)11(5-3-6-12-11)9-4-2-7-17(14,15)8-9/h9,12H,2-8H2,1H3. The Morgan fingerprint density at radius 3 is 2.71 bits per heavy atom. The van der Waals surface area contributed by atoms with Crippen LogP contribution in [0.1, 0.15) is 25.7 Å². The number of carbonyl (C=O) groups is 1. The summed E-state index contributed by atoms with van der Waals surface area (Å²) in [5.74, 6) is -0.0937. The lowest BCUT2D eigenvalue weighted by atomic mass is 9.80. The third-order valence-corrected chi connectivity index (χ3v) is 5.72. The van der Waals surface area contributed by atoms with E-state index in [1.807, 2.05) is 0 Å². The molecule has 2 unspecified atom stereocenters. The van der Waals surface area contributed by atoms with Crippen LogP contribution in [0.3, 0.4) is 0 Å². The van der Waals surface area contributed by atoms with E-state index in [2.05, 4.69) is 5.32 Å². The second-order valence-corrected chi connectivity index (χ2v) is 7.18. The summed E-state index contributed by atoms with van der Waals surface area (Å²) in [5, 5.41) is 3.19. The SMILES string of the molecule is COC(=O)C1(C2CCCS(=O)(=O)C2)CCCN1. The van der Waals surface area contributed by atoms with E-state index in [0.717, 1.165) is 19.4 Å². The Balaban J connectivity index is 2.25. The van der Waals surface area contributed by atoms with Gasteiger partial charge in [-0.3, -0.25) is 4.79 Å². The average Bonchev–Trinajstić information content (AvgIpc) is 2.77. The zero-order valence-electron chi connectivity index (χ0n) is 10.1. The topological polar surface area (TPSA) is 72.5 Å². The molecule has 0 aromatic rings. The molecule has 5 nitrogen and oxygen atoms in total. The Morgan fingerprint density at radius 1 is 1.41 bits per heavy atom. The van der Waals surface area contributed by atoms with Crippen LogP contribution < -0.4 is 5.32 Å². The van der Waals surface area contributed by atoms with Crippen LogP contribution in [0.25, 0.3) is 0 Å². The van der Waals surface area contributed by atoms with Crippen molar-refractivity contribution in [2.75, 3.05) is 25.2 Å². The van der Waals surface area contributed by atoms with Crippen molar-refractivity contribution < 1.29 is 17.9 Å². The fourth-order valence-electron chi connectivity index (χ4n) is 3.05. The molecule has 1 N–H and O–H groups in total. The summed E-state index contributed by atoms with van der Waals surface area (Å²) >= 11 is 0. The Bertz CT molecular complexity index is 398. The normalized spacial score (nSPS) is 36.6. The first-order chi connectivity index (χ1) is 8.00. The number of sulfone groups is 1. The van der Waals surface area contributed by atoms with Crippen molar-refractivity contribution in [3.8, 4) is 0 Å². The first kappa shape index (κ1) is 12.8. The van der Waals surface area contributed by atoms with E-state index in [9.17, 15) is 13.2 Å². The monoisotopic (exact) mass is 261 g/mol. The van der Waals surface area contributed by atoms with Crippen molar-refractivity contribution in [1.82, 2.24) is 5.32 Å². The lowest BCUT2D eigenvalue weighted by Crippen LogP contribution is -2.57. The van der Waals surface area contributed by atoms with Crippen LogP contribution in [0.2, 0.25) is 0 Å². The minimum Gasteiger partial charge on any atom is -0.468 e. The summed E-state index contributed by atoms with van der Waals surface area (Å²) in [6, 6.07) is 0. The highest BCUT2D eigenvalue weighted by atomic mass is 32.2. The van der Waals surface area contributed by atoms with E-state index in [1.165, 1.54) is 7.11 Å². The molecule has 0 saturated carbocycles. The molecule has 17 heavy (non-hydrogen) atoms. The summed E-state index contributed by atoms with van der Waals surface area (Å²) < 4.78 is 28.2. The van der Waals surface area contributed by atoms with Gasteiger partial charge in [0, 0.05) is 5.92 Å². The zero-order valence-corrected chi connectivity index (χ0v) is 10.9. The summed E-state index contributed by atoms with van der Waals surface area (Å²) in [6.07, 6.45) is 3.00. The van der Waals surface area contributed by atoms with Gasteiger partial charge >= 0.3 is 5.97 Å². The van der Waals surface area contributed by atoms with E-state index >= 15 is 0 Å². The zero-order chi connectivity index (χ0) is 12.5. The lowest BCUT2D eigenvalue weighted by Gasteiger charge is -2.37. The molecular formula is C11H19NO4S. The number of methoxy groups -OCH3 is 1. The molecule has 98 valence electrons. The van der Waals surface area contributed by atoms with Crippen molar-refractivity contribution in [3.05, 3.63) is 0 Å². The van der Waals surface area contributed by atoms with E-state index in [1.54, 1.807) is 0 Å². The maximum Gasteiger partial charge on any atom is 0.326 e. The third kappa shape index (κ3) is 2.33. The molecule has 0 bridgehead atoms. The van der Waals surface area contributed by atoms with Crippen molar-refractivity contribution in [3.63, 3.8) is 0 Å². The maximum absolute atomic E-state index is 12.0. The van der Waals surface area contributed by atoms with Crippen LogP contribution in [0, 0.1) is 5.92 Å². The van der Waals surface area contributed by atoms with Crippen LogP contribution >= 0.6 is 0 Å². The molecule has 0 aromatic heterocycles. The van der Waals surface area contributed by atoms with Crippen LogP contribution in [-0.2, 0) is 19.4 Å².